The first kappa shape index (κ1) is 12.8. The first-order valence-electron chi connectivity index (χ1n) is 7.37. The molecule has 1 aliphatic rings. The number of nitrogens with one attached hydrogen (secondary N) is 1. The van der Waals surface area contributed by atoms with Crippen molar-refractivity contribution in [1.29, 1.82) is 0 Å². The molecule has 0 fully saturated rings. The minimum Gasteiger partial charge on any atom is -0.364 e. The third-order valence-corrected chi connectivity index (χ3v) is 5.21. The highest BCUT2D eigenvalue weighted by Crippen LogP contribution is 2.31. The summed E-state index contributed by atoms with van der Waals surface area (Å²) in [6.45, 7) is 2.85. The van der Waals surface area contributed by atoms with E-state index < -0.39 is 0 Å². The van der Waals surface area contributed by atoms with Crippen molar-refractivity contribution in [3.8, 4) is 0 Å². The number of aromatic nitrogens is 2. The highest BCUT2D eigenvalue weighted by atomic mass is 32.1. The van der Waals surface area contributed by atoms with Crippen LogP contribution in [0.1, 0.15) is 27.4 Å². The van der Waals surface area contributed by atoms with Crippen molar-refractivity contribution in [1.82, 2.24) is 9.97 Å². The predicted octanol–water partition coefficient (Wildman–Crippen LogP) is 4.10. The lowest BCUT2D eigenvalue weighted by molar-refractivity contribution is 0.913. The molecule has 0 saturated carbocycles. The maximum Gasteiger partial charge on any atom is 0.148 e. The van der Waals surface area contributed by atoms with Gasteiger partial charge in [-0.15, -0.1) is 11.3 Å². The number of fused-ring (bicyclic) bond motifs is 2. The van der Waals surface area contributed by atoms with E-state index in [1.165, 1.54) is 24.1 Å². The van der Waals surface area contributed by atoms with Crippen molar-refractivity contribution in [3.63, 3.8) is 0 Å². The average molecular weight is 295 g/mol. The fourth-order valence-electron chi connectivity index (χ4n) is 2.90. The van der Waals surface area contributed by atoms with Gasteiger partial charge in [0, 0.05) is 9.75 Å². The molecule has 106 valence electrons. The highest BCUT2D eigenvalue weighted by Gasteiger charge is 2.14. The van der Waals surface area contributed by atoms with E-state index in [0.717, 1.165) is 29.1 Å². The van der Waals surface area contributed by atoms with Crippen molar-refractivity contribution in [2.45, 2.75) is 32.7 Å². The Morgan fingerprint density at radius 3 is 2.76 bits per heavy atom. The Morgan fingerprint density at radius 1 is 1.14 bits per heavy atom. The quantitative estimate of drug-likeness (QED) is 0.790. The summed E-state index contributed by atoms with van der Waals surface area (Å²) in [6.07, 6.45) is 3.83. The lowest BCUT2D eigenvalue weighted by atomic mass is 10.2. The van der Waals surface area contributed by atoms with Gasteiger partial charge in [-0.2, -0.15) is 0 Å². The summed E-state index contributed by atoms with van der Waals surface area (Å²) < 4.78 is 0. The summed E-state index contributed by atoms with van der Waals surface area (Å²) >= 11 is 1.94. The van der Waals surface area contributed by atoms with Crippen molar-refractivity contribution in [2.75, 3.05) is 5.32 Å². The fourth-order valence-corrected chi connectivity index (χ4v) is 4.10. The normalized spacial score (nSPS) is 13.6. The summed E-state index contributed by atoms with van der Waals surface area (Å²) in [5.41, 5.74) is 4.41. The molecule has 1 aliphatic carbocycles. The Labute approximate surface area is 128 Å². The highest BCUT2D eigenvalue weighted by molar-refractivity contribution is 7.12. The molecule has 2 aromatic heterocycles. The van der Waals surface area contributed by atoms with Crippen LogP contribution in [0.2, 0.25) is 0 Å². The van der Waals surface area contributed by atoms with Gasteiger partial charge in [-0.05, 0) is 49.9 Å². The minimum atomic E-state index is 0.839. The Bertz CT molecular complexity index is 785. The monoisotopic (exact) mass is 295 g/mol. The molecule has 0 aliphatic heterocycles. The number of para-hydroxylation sites is 2. The van der Waals surface area contributed by atoms with Gasteiger partial charge in [0.2, 0.25) is 0 Å². The molecule has 3 nitrogen and oxygen atoms in total. The van der Waals surface area contributed by atoms with E-state index in [9.17, 15) is 0 Å². The van der Waals surface area contributed by atoms with Crippen molar-refractivity contribution >= 4 is 28.2 Å². The molecule has 21 heavy (non-hydrogen) atoms. The van der Waals surface area contributed by atoms with Gasteiger partial charge in [-0.25, -0.2) is 9.97 Å². The predicted molar refractivity (Wildman–Crippen MR) is 87.9 cm³/mol. The van der Waals surface area contributed by atoms with E-state index in [1.807, 2.05) is 42.5 Å². The molecule has 4 rings (SSSR count). The van der Waals surface area contributed by atoms with Gasteiger partial charge in [-0.1, -0.05) is 12.1 Å². The van der Waals surface area contributed by atoms with Crippen LogP contribution in [0.25, 0.3) is 11.0 Å². The zero-order valence-corrected chi connectivity index (χ0v) is 12.8. The van der Waals surface area contributed by atoms with E-state index in [4.69, 9.17) is 0 Å². The Balaban J connectivity index is 1.57. The number of benzene rings is 1. The summed E-state index contributed by atoms with van der Waals surface area (Å²) in [5.74, 6) is 0.891. The smallest absolute Gasteiger partial charge is 0.148 e. The molecule has 0 bridgehead atoms. The molecule has 0 radical (unpaired) electrons. The molecular formula is C17H17N3S. The molecule has 3 aromatic rings. The van der Waals surface area contributed by atoms with E-state index >= 15 is 0 Å². The topological polar surface area (TPSA) is 37.8 Å². The number of thiophene rings is 1. The molecule has 1 aromatic carbocycles. The summed E-state index contributed by atoms with van der Waals surface area (Å²) in [7, 11) is 0. The molecule has 2 heterocycles. The SMILES string of the molecule is Cc1nc2ccccc2nc1NCc1cc2c(s1)CCC2. The lowest BCUT2D eigenvalue weighted by Gasteiger charge is -2.08. The zero-order valence-electron chi connectivity index (χ0n) is 12.0. The molecule has 0 atom stereocenters. The van der Waals surface area contributed by atoms with Crippen molar-refractivity contribution in [2.24, 2.45) is 0 Å². The molecule has 0 amide bonds. The first-order valence-corrected chi connectivity index (χ1v) is 8.19. The second kappa shape index (κ2) is 5.11. The van der Waals surface area contributed by atoms with Gasteiger partial charge in [-0.3, -0.25) is 0 Å². The second-order valence-corrected chi connectivity index (χ2v) is 6.74. The van der Waals surface area contributed by atoms with E-state index in [-0.39, 0.29) is 0 Å². The van der Waals surface area contributed by atoms with E-state index in [2.05, 4.69) is 21.4 Å². The van der Waals surface area contributed by atoms with E-state index in [0.29, 0.717) is 0 Å². The minimum absolute atomic E-state index is 0.839. The maximum absolute atomic E-state index is 4.68. The largest absolute Gasteiger partial charge is 0.364 e. The van der Waals surface area contributed by atoms with Gasteiger partial charge in [0.1, 0.15) is 5.82 Å². The molecule has 4 heteroatoms. The number of aryl methyl sites for hydroxylation is 3. The maximum atomic E-state index is 4.68. The summed E-state index contributed by atoms with van der Waals surface area (Å²) in [6, 6.07) is 10.4. The first-order chi connectivity index (χ1) is 10.3. The molecule has 1 N–H and O–H groups in total. The van der Waals surface area contributed by atoms with Gasteiger partial charge in [0.25, 0.3) is 0 Å². The number of nitrogens with zero attached hydrogens (tertiary/aromatic N) is 2. The fraction of sp³-hybridized carbons (Fsp3) is 0.294. The molecule has 0 unspecified atom stereocenters. The standard InChI is InChI=1S/C17H17N3S/c1-11-17(20-15-7-3-2-6-14(15)19-11)18-10-13-9-12-5-4-8-16(12)21-13/h2-3,6-7,9H,4-5,8,10H2,1H3,(H,18,20). The van der Waals surface area contributed by atoms with Crippen molar-refractivity contribution < 1.29 is 0 Å². The van der Waals surface area contributed by atoms with Gasteiger partial charge >= 0.3 is 0 Å². The number of hydrogen-bond donors (Lipinski definition) is 1. The van der Waals surface area contributed by atoms with Crippen LogP contribution in [0.15, 0.2) is 30.3 Å². The van der Waals surface area contributed by atoms with Crippen LogP contribution < -0.4 is 5.32 Å². The number of anilines is 1. The van der Waals surface area contributed by atoms with Gasteiger partial charge < -0.3 is 5.32 Å². The number of hydrogen-bond acceptors (Lipinski definition) is 4. The van der Waals surface area contributed by atoms with Crippen LogP contribution >= 0.6 is 11.3 Å². The molecule has 0 saturated heterocycles. The Morgan fingerprint density at radius 2 is 1.95 bits per heavy atom. The lowest BCUT2D eigenvalue weighted by Crippen LogP contribution is -2.04. The second-order valence-electron chi connectivity index (χ2n) is 5.51. The van der Waals surface area contributed by atoms with Crippen molar-refractivity contribution in [3.05, 3.63) is 51.3 Å². The third kappa shape index (κ3) is 2.40. The Kier molecular flexibility index (Phi) is 3.11. The zero-order chi connectivity index (χ0) is 14.2. The van der Waals surface area contributed by atoms with E-state index in [1.54, 1.807) is 10.4 Å². The Hall–Kier alpha value is -1.94. The van der Waals surface area contributed by atoms with Crippen LogP contribution in [0.4, 0.5) is 5.82 Å². The van der Waals surface area contributed by atoms with Gasteiger partial charge in [0.15, 0.2) is 0 Å². The van der Waals surface area contributed by atoms with Crippen LogP contribution in [0.3, 0.4) is 0 Å². The molecule has 0 spiro atoms. The summed E-state index contributed by atoms with van der Waals surface area (Å²) in [4.78, 5) is 12.3. The average Bonchev–Trinajstić information content (AvgIpc) is 3.06. The number of rotatable bonds is 3. The van der Waals surface area contributed by atoms with Crippen LogP contribution in [0, 0.1) is 6.92 Å². The summed E-state index contributed by atoms with van der Waals surface area (Å²) in [5, 5.41) is 3.45. The third-order valence-electron chi connectivity index (χ3n) is 3.97. The van der Waals surface area contributed by atoms with Crippen LogP contribution in [-0.4, -0.2) is 9.97 Å². The van der Waals surface area contributed by atoms with Crippen LogP contribution in [-0.2, 0) is 19.4 Å². The van der Waals surface area contributed by atoms with Crippen LogP contribution in [0.5, 0.6) is 0 Å². The molecular weight excluding hydrogens is 278 g/mol. The van der Waals surface area contributed by atoms with Gasteiger partial charge in [0.05, 0.1) is 23.3 Å².